The second-order valence-corrected chi connectivity index (χ2v) is 3.60. The molecule has 0 atom stereocenters. The SMILES string of the molecule is CC[CH2][Al][CH2]CC. The van der Waals surface area contributed by atoms with Crippen molar-refractivity contribution in [1.82, 2.24) is 0 Å². The van der Waals surface area contributed by atoms with Gasteiger partial charge in [-0.25, -0.2) is 0 Å². The van der Waals surface area contributed by atoms with Crippen molar-refractivity contribution < 1.29 is 0 Å². The van der Waals surface area contributed by atoms with E-state index in [1.54, 1.807) is 0 Å². The van der Waals surface area contributed by atoms with Gasteiger partial charge in [-0.2, -0.15) is 0 Å². The van der Waals surface area contributed by atoms with Crippen molar-refractivity contribution >= 4 is 15.2 Å². The van der Waals surface area contributed by atoms with Crippen LogP contribution in [0.1, 0.15) is 26.7 Å². The third-order valence-electron chi connectivity index (χ3n) is 0.986. The van der Waals surface area contributed by atoms with Crippen LogP contribution in [0, 0.1) is 0 Å². The Bertz CT molecular complexity index is 23.4. The lowest BCUT2D eigenvalue weighted by atomic mass is 10.6. The first-order valence-electron chi connectivity index (χ1n) is 3.23. The Morgan fingerprint density at radius 3 is 1.71 bits per heavy atom. The maximum absolute atomic E-state index is 2.27. The second kappa shape index (κ2) is 6.53. The van der Waals surface area contributed by atoms with E-state index in [1.807, 2.05) is 0 Å². The summed E-state index contributed by atoms with van der Waals surface area (Å²) in [4.78, 5) is 0. The van der Waals surface area contributed by atoms with Crippen LogP contribution in [0.5, 0.6) is 0 Å². The molecule has 1 heteroatoms. The van der Waals surface area contributed by atoms with Crippen LogP contribution in [0.15, 0.2) is 0 Å². The van der Waals surface area contributed by atoms with Crippen LogP contribution < -0.4 is 0 Å². The van der Waals surface area contributed by atoms with E-state index >= 15 is 0 Å². The van der Waals surface area contributed by atoms with E-state index in [1.165, 1.54) is 23.4 Å². The smallest absolute Gasteiger partial charge is 0.104 e. The van der Waals surface area contributed by atoms with Crippen LogP contribution in [-0.4, -0.2) is 15.2 Å². The zero-order valence-electron chi connectivity index (χ0n) is 5.41. The molecular weight excluding hydrogens is 99.0 g/mol. The Balaban J connectivity index is 2.45. The van der Waals surface area contributed by atoms with Crippen molar-refractivity contribution in [2.75, 3.05) is 0 Å². The molecule has 1 radical (unpaired) electrons. The highest BCUT2D eigenvalue weighted by atomic mass is 27.1. The van der Waals surface area contributed by atoms with E-state index in [-0.39, 0.29) is 0 Å². The molecule has 0 aliphatic carbocycles. The maximum atomic E-state index is 2.27. The van der Waals surface area contributed by atoms with Gasteiger partial charge in [0, 0.05) is 0 Å². The first-order chi connectivity index (χ1) is 3.41. The summed E-state index contributed by atoms with van der Waals surface area (Å²) in [7, 11) is 0. The molecular formula is C6H14Al. The van der Waals surface area contributed by atoms with Gasteiger partial charge in [-0.1, -0.05) is 26.7 Å². The average molecular weight is 113 g/mol. The van der Waals surface area contributed by atoms with Crippen molar-refractivity contribution in [2.45, 2.75) is 37.3 Å². The summed E-state index contributed by atoms with van der Waals surface area (Å²) in [5, 5.41) is 3.02. The molecule has 0 aromatic heterocycles. The molecule has 0 nitrogen and oxygen atoms in total. The topological polar surface area (TPSA) is 0 Å². The van der Waals surface area contributed by atoms with Gasteiger partial charge in [-0.3, -0.25) is 0 Å². The number of hydrogen-bond donors (Lipinski definition) is 0. The molecule has 7 heavy (non-hydrogen) atoms. The van der Waals surface area contributed by atoms with Crippen molar-refractivity contribution in [2.24, 2.45) is 0 Å². The molecule has 0 amide bonds. The summed E-state index contributed by atoms with van der Waals surface area (Å²) in [5.41, 5.74) is 0. The molecule has 0 aliphatic heterocycles. The lowest BCUT2D eigenvalue weighted by molar-refractivity contribution is 1.02. The highest BCUT2D eigenvalue weighted by Gasteiger charge is 1.84. The van der Waals surface area contributed by atoms with Crippen LogP contribution in [0.25, 0.3) is 0 Å². The fraction of sp³-hybridized carbons (Fsp3) is 1.00. The number of hydrogen-bond acceptors (Lipinski definition) is 0. The van der Waals surface area contributed by atoms with E-state index in [2.05, 4.69) is 13.8 Å². The zero-order valence-corrected chi connectivity index (χ0v) is 6.56. The van der Waals surface area contributed by atoms with Gasteiger partial charge in [-0.05, 0) is 0 Å². The fourth-order valence-corrected chi connectivity index (χ4v) is 1.66. The molecule has 0 aromatic rings. The van der Waals surface area contributed by atoms with Gasteiger partial charge in [0.2, 0.25) is 0 Å². The van der Waals surface area contributed by atoms with Crippen molar-refractivity contribution in [3.8, 4) is 0 Å². The van der Waals surface area contributed by atoms with Crippen molar-refractivity contribution in [1.29, 1.82) is 0 Å². The van der Waals surface area contributed by atoms with E-state index in [4.69, 9.17) is 0 Å². The Labute approximate surface area is 53.0 Å². The Hall–Kier alpha value is 0.532. The average Bonchev–Trinajstić information content (AvgIpc) is 1.69. The molecule has 0 heterocycles. The molecule has 41 valence electrons. The van der Waals surface area contributed by atoms with Crippen LogP contribution >= 0.6 is 0 Å². The minimum Gasteiger partial charge on any atom is -0.104 e. The zero-order chi connectivity index (χ0) is 5.54. The quantitative estimate of drug-likeness (QED) is 0.388. The highest BCUT2D eigenvalue weighted by Crippen LogP contribution is 1.92. The van der Waals surface area contributed by atoms with Crippen LogP contribution in [-0.2, 0) is 0 Å². The fourth-order valence-electron chi connectivity index (χ4n) is 0.553. The lowest BCUT2D eigenvalue weighted by Gasteiger charge is -1.87. The summed E-state index contributed by atoms with van der Waals surface area (Å²) in [6.45, 7) is 4.53. The molecule has 0 rings (SSSR count). The summed E-state index contributed by atoms with van der Waals surface area (Å²) in [5.74, 6) is 0. The summed E-state index contributed by atoms with van der Waals surface area (Å²) in [6, 6.07) is 0. The van der Waals surface area contributed by atoms with Gasteiger partial charge in [-0.15, -0.1) is 10.6 Å². The Morgan fingerprint density at radius 2 is 1.43 bits per heavy atom. The monoisotopic (exact) mass is 113 g/mol. The van der Waals surface area contributed by atoms with Crippen LogP contribution in [0.3, 0.4) is 0 Å². The van der Waals surface area contributed by atoms with Gasteiger partial charge in [0.15, 0.2) is 15.2 Å². The minimum absolute atomic E-state index is 0.822. The third-order valence-corrected chi connectivity index (χ3v) is 2.96. The normalized spacial score (nSPS) is 8.86. The molecule has 0 aromatic carbocycles. The van der Waals surface area contributed by atoms with E-state index in [9.17, 15) is 0 Å². The summed E-state index contributed by atoms with van der Waals surface area (Å²) >= 11 is 0.822. The van der Waals surface area contributed by atoms with Crippen LogP contribution in [0.2, 0.25) is 10.6 Å². The molecule has 0 N–H and O–H groups in total. The van der Waals surface area contributed by atoms with Crippen LogP contribution in [0.4, 0.5) is 0 Å². The Morgan fingerprint density at radius 1 is 1.00 bits per heavy atom. The predicted molar refractivity (Wildman–Crippen MR) is 35.9 cm³/mol. The van der Waals surface area contributed by atoms with E-state index < -0.39 is 0 Å². The molecule has 0 spiro atoms. The second-order valence-electron chi connectivity index (χ2n) is 1.87. The summed E-state index contributed by atoms with van der Waals surface area (Å²) < 4.78 is 0. The standard InChI is InChI=1S/2C3H7.Al/c2*1-3-2;/h2*1,3H2,2H3;. The first-order valence-corrected chi connectivity index (χ1v) is 4.86. The first kappa shape index (κ1) is 7.53. The van der Waals surface area contributed by atoms with Gasteiger partial charge in [0.05, 0.1) is 0 Å². The maximum Gasteiger partial charge on any atom is 0.199 e. The molecule has 0 unspecified atom stereocenters. The number of rotatable bonds is 4. The van der Waals surface area contributed by atoms with Crippen molar-refractivity contribution in [3.63, 3.8) is 0 Å². The molecule has 0 saturated carbocycles. The van der Waals surface area contributed by atoms with Gasteiger partial charge >= 0.3 is 0 Å². The molecule has 0 bridgehead atoms. The third kappa shape index (κ3) is 6.53. The van der Waals surface area contributed by atoms with E-state index in [0.717, 1.165) is 15.2 Å². The lowest BCUT2D eigenvalue weighted by Crippen LogP contribution is -1.84. The van der Waals surface area contributed by atoms with Gasteiger partial charge in [0.25, 0.3) is 0 Å². The largest absolute Gasteiger partial charge is 0.199 e. The van der Waals surface area contributed by atoms with Gasteiger partial charge < -0.3 is 0 Å². The molecule has 0 saturated heterocycles. The minimum atomic E-state index is 0.822. The predicted octanol–water partition coefficient (Wildman–Crippen LogP) is 2.35. The Kier molecular flexibility index (Phi) is 7.03. The van der Waals surface area contributed by atoms with Crippen molar-refractivity contribution in [3.05, 3.63) is 0 Å². The summed E-state index contributed by atoms with van der Waals surface area (Å²) in [6.07, 6.45) is 2.80. The van der Waals surface area contributed by atoms with E-state index in [0.29, 0.717) is 0 Å². The highest BCUT2D eigenvalue weighted by molar-refractivity contribution is 6.35. The molecule has 0 fully saturated rings. The molecule has 0 aliphatic rings. The van der Waals surface area contributed by atoms with Gasteiger partial charge in [0.1, 0.15) is 0 Å².